The molecule has 2 aromatic heterocycles. The number of imidazole rings is 1. The van der Waals surface area contributed by atoms with Gasteiger partial charge in [-0.15, -0.1) is 5.10 Å². The minimum Gasteiger partial charge on any atom is -0.352 e. The number of nitrogens with one attached hydrogen (secondary N) is 1. The molecular weight excluding hydrogens is 270 g/mol. The van der Waals surface area contributed by atoms with Crippen molar-refractivity contribution in [3.63, 3.8) is 0 Å². The van der Waals surface area contributed by atoms with Crippen molar-refractivity contribution in [3.05, 3.63) is 34.7 Å². The van der Waals surface area contributed by atoms with Gasteiger partial charge in [-0.3, -0.25) is 4.79 Å². The Hall–Kier alpha value is -2.57. The summed E-state index contributed by atoms with van der Waals surface area (Å²) in [5, 5.41) is 7.15. The summed E-state index contributed by atoms with van der Waals surface area (Å²) in [6.07, 6.45) is 2.05. The molecule has 7 nitrogen and oxygen atoms in total. The van der Waals surface area contributed by atoms with Crippen molar-refractivity contribution in [2.75, 3.05) is 0 Å². The first-order valence-electron chi connectivity index (χ1n) is 6.97. The average molecular weight is 285 g/mol. The SMILES string of the molecule is Cn1c2ccccc2n2c(=O)n(CC(=O)NC3CC3)nc12. The van der Waals surface area contributed by atoms with E-state index in [1.807, 2.05) is 35.9 Å². The number of hydrogen-bond acceptors (Lipinski definition) is 3. The molecule has 108 valence electrons. The number of aromatic nitrogens is 4. The average Bonchev–Trinajstić information content (AvgIpc) is 3.16. The highest BCUT2D eigenvalue weighted by Gasteiger charge is 2.24. The Morgan fingerprint density at radius 3 is 2.76 bits per heavy atom. The number of para-hydroxylation sites is 2. The summed E-state index contributed by atoms with van der Waals surface area (Å²) in [5.41, 5.74) is 1.45. The van der Waals surface area contributed by atoms with E-state index in [9.17, 15) is 9.59 Å². The van der Waals surface area contributed by atoms with Crippen molar-refractivity contribution in [2.24, 2.45) is 7.05 Å². The highest BCUT2D eigenvalue weighted by atomic mass is 16.2. The van der Waals surface area contributed by atoms with Gasteiger partial charge in [0, 0.05) is 13.1 Å². The number of nitrogens with zero attached hydrogens (tertiary/aromatic N) is 4. The first-order chi connectivity index (χ1) is 10.1. The smallest absolute Gasteiger partial charge is 0.352 e. The maximum atomic E-state index is 12.5. The second kappa shape index (κ2) is 4.21. The number of benzene rings is 1. The van der Waals surface area contributed by atoms with E-state index in [0.717, 1.165) is 23.9 Å². The highest BCUT2D eigenvalue weighted by molar-refractivity contribution is 5.80. The number of carbonyl (C=O) groups excluding carboxylic acids is 1. The van der Waals surface area contributed by atoms with E-state index < -0.39 is 0 Å². The summed E-state index contributed by atoms with van der Waals surface area (Å²) in [6.45, 7) is -0.0364. The van der Waals surface area contributed by atoms with Gasteiger partial charge in [-0.1, -0.05) is 12.1 Å². The number of amides is 1. The van der Waals surface area contributed by atoms with Crippen molar-refractivity contribution in [3.8, 4) is 0 Å². The van der Waals surface area contributed by atoms with E-state index in [1.54, 1.807) is 4.40 Å². The van der Waals surface area contributed by atoms with E-state index >= 15 is 0 Å². The quantitative estimate of drug-likeness (QED) is 0.750. The normalized spacial score (nSPS) is 14.9. The fourth-order valence-corrected chi connectivity index (χ4v) is 2.61. The predicted molar refractivity (Wildman–Crippen MR) is 77.1 cm³/mol. The molecule has 0 spiro atoms. The van der Waals surface area contributed by atoms with Crippen LogP contribution in [0, 0.1) is 0 Å². The third kappa shape index (κ3) is 1.84. The van der Waals surface area contributed by atoms with Gasteiger partial charge in [-0.05, 0) is 25.0 Å². The van der Waals surface area contributed by atoms with Gasteiger partial charge in [-0.2, -0.15) is 0 Å². The zero-order valence-corrected chi connectivity index (χ0v) is 11.6. The number of carbonyl (C=O) groups is 1. The maximum absolute atomic E-state index is 12.5. The van der Waals surface area contributed by atoms with E-state index in [1.165, 1.54) is 4.68 Å². The Bertz CT molecular complexity index is 913. The zero-order valence-electron chi connectivity index (χ0n) is 11.6. The maximum Gasteiger partial charge on any atom is 0.352 e. The van der Waals surface area contributed by atoms with Crippen LogP contribution in [0.3, 0.4) is 0 Å². The number of hydrogen-bond donors (Lipinski definition) is 1. The molecule has 1 aromatic carbocycles. The van der Waals surface area contributed by atoms with E-state index in [0.29, 0.717) is 5.78 Å². The molecule has 1 aliphatic carbocycles. The van der Waals surface area contributed by atoms with Gasteiger partial charge in [0.15, 0.2) is 0 Å². The van der Waals surface area contributed by atoms with Crippen LogP contribution in [0.15, 0.2) is 29.1 Å². The van der Waals surface area contributed by atoms with Crippen LogP contribution in [0.25, 0.3) is 16.8 Å². The Balaban J connectivity index is 1.80. The highest BCUT2D eigenvalue weighted by Crippen LogP contribution is 2.18. The predicted octanol–water partition coefficient (Wildman–Crippen LogP) is 0.266. The summed E-state index contributed by atoms with van der Waals surface area (Å²) in [5.74, 6) is 0.382. The third-order valence-corrected chi connectivity index (χ3v) is 3.84. The second-order valence-corrected chi connectivity index (χ2v) is 5.47. The molecule has 4 rings (SSSR count). The molecule has 2 heterocycles. The summed E-state index contributed by atoms with van der Waals surface area (Å²) in [4.78, 5) is 24.3. The van der Waals surface area contributed by atoms with Gasteiger partial charge < -0.3 is 9.88 Å². The molecule has 3 aromatic rings. The Labute approximate surface area is 119 Å². The van der Waals surface area contributed by atoms with Crippen LogP contribution in [0.2, 0.25) is 0 Å². The molecule has 0 radical (unpaired) electrons. The molecule has 1 N–H and O–H groups in total. The number of aryl methyl sites for hydroxylation is 1. The standard InChI is InChI=1S/C14H15N5O2/c1-17-10-4-2-3-5-11(10)19-13(17)16-18(14(19)21)8-12(20)15-9-6-7-9/h2-5,9H,6-8H2,1H3,(H,15,20). The lowest BCUT2D eigenvalue weighted by molar-refractivity contribution is -0.122. The summed E-state index contributed by atoms with van der Waals surface area (Å²) in [7, 11) is 1.86. The lowest BCUT2D eigenvalue weighted by atomic mass is 10.3. The van der Waals surface area contributed by atoms with Crippen molar-refractivity contribution in [2.45, 2.75) is 25.4 Å². The van der Waals surface area contributed by atoms with Crippen molar-refractivity contribution < 1.29 is 4.79 Å². The third-order valence-electron chi connectivity index (χ3n) is 3.84. The lowest BCUT2D eigenvalue weighted by Crippen LogP contribution is -2.33. The van der Waals surface area contributed by atoms with Crippen molar-refractivity contribution in [1.82, 2.24) is 24.1 Å². The van der Waals surface area contributed by atoms with Crippen molar-refractivity contribution in [1.29, 1.82) is 0 Å². The Kier molecular flexibility index (Phi) is 2.44. The van der Waals surface area contributed by atoms with E-state index in [-0.39, 0.29) is 24.2 Å². The van der Waals surface area contributed by atoms with Crippen LogP contribution in [0.4, 0.5) is 0 Å². The fraction of sp³-hybridized carbons (Fsp3) is 0.357. The monoisotopic (exact) mass is 285 g/mol. The van der Waals surface area contributed by atoms with Crippen LogP contribution < -0.4 is 11.0 Å². The molecule has 0 aliphatic heterocycles. The topological polar surface area (TPSA) is 73.3 Å². The van der Waals surface area contributed by atoms with Gasteiger partial charge in [0.05, 0.1) is 11.0 Å². The first kappa shape index (κ1) is 12.2. The molecule has 1 aliphatic rings. The number of rotatable bonds is 3. The van der Waals surface area contributed by atoms with E-state index in [4.69, 9.17) is 0 Å². The molecular formula is C14H15N5O2. The molecule has 0 atom stereocenters. The van der Waals surface area contributed by atoms with Gasteiger partial charge in [0.1, 0.15) is 6.54 Å². The lowest BCUT2D eigenvalue weighted by Gasteiger charge is -2.01. The molecule has 1 fully saturated rings. The largest absolute Gasteiger partial charge is 0.352 e. The van der Waals surface area contributed by atoms with Gasteiger partial charge in [-0.25, -0.2) is 13.9 Å². The minimum atomic E-state index is -0.284. The Morgan fingerprint density at radius 2 is 2.05 bits per heavy atom. The van der Waals surface area contributed by atoms with Crippen LogP contribution >= 0.6 is 0 Å². The minimum absolute atomic E-state index is 0.0364. The molecule has 1 amide bonds. The summed E-state index contributed by atoms with van der Waals surface area (Å²) < 4.78 is 4.62. The molecule has 1 saturated carbocycles. The first-order valence-corrected chi connectivity index (χ1v) is 6.97. The zero-order chi connectivity index (χ0) is 14.6. The van der Waals surface area contributed by atoms with Crippen LogP contribution in [0.5, 0.6) is 0 Å². The summed E-state index contributed by atoms with van der Waals surface area (Å²) in [6, 6.07) is 7.90. The molecule has 21 heavy (non-hydrogen) atoms. The van der Waals surface area contributed by atoms with Gasteiger partial charge in [0.25, 0.3) is 0 Å². The van der Waals surface area contributed by atoms with E-state index in [2.05, 4.69) is 10.4 Å². The molecule has 7 heteroatoms. The number of fused-ring (bicyclic) bond motifs is 3. The van der Waals surface area contributed by atoms with Gasteiger partial charge >= 0.3 is 5.69 Å². The fourth-order valence-electron chi connectivity index (χ4n) is 2.61. The van der Waals surface area contributed by atoms with Crippen LogP contribution in [0.1, 0.15) is 12.8 Å². The molecule has 0 bridgehead atoms. The van der Waals surface area contributed by atoms with Gasteiger partial charge in [0.2, 0.25) is 11.7 Å². The Morgan fingerprint density at radius 1 is 1.33 bits per heavy atom. The molecule has 0 unspecified atom stereocenters. The summed E-state index contributed by atoms with van der Waals surface area (Å²) >= 11 is 0. The van der Waals surface area contributed by atoms with Crippen molar-refractivity contribution >= 4 is 22.7 Å². The second-order valence-electron chi connectivity index (χ2n) is 5.47. The molecule has 0 saturated heterocycles. The van der Waals surface area contributed by atoms with Crippen LogP contribution in [-0.2, 0) is 18.4 Å². The van der Waals surface area contributed by atoms with Crippen LogP contribution in [-0.4, -0.2) is 30.7 Å².